The zero-order valence-corrected chi connectivity index (χ0v) is 14.0. The van der Waals surface area contributed by atoms with Crippen molar-refractivity contribution in [2.45, 2.75) is 52.6 Å². The van der Waals surface area contributed by atoms with Gasteiger partial charge in [-0.15, -0.1) is 0 Å². The van der Waals surface area contributed by atoms with Gasteiger partial charge in [0.25, 0.3) is 0 Å². The minimum atomic E-state index is -0.708. The number of halogens is 1. The maximum atomic E-state index is 10.7. The summed E-state index contributed by atoms with van der Waals surface area (Å²) in [6, 6.07) is 8.29. The van der Waals surface area contributed by atoms with Crippen molar-refractivity contribution in [1.29, 1.82) is 5.26 Å². The number of hydrogen-bond acceptors (Lipinski definition) is 2. The largest absolute Gasteiger partial charge is 0.387 e. The summed E-state index contributed by atoms with van der Waals surface area (Å²) in [6.07, 6.45) is 2.81. The number of nitrogens with zero attached hydrogens (tertiary/aromatic N) is 1. The third-order valence-electron chi connectivity index (χ3n) is 4.75. The van der Waals surface area contributed by atoms with E-state index in [0.29, 0.717) is 0 Å². The van der Waals surface area contributed by atoms with Crippen LogP contribution >= 0.6 is 15.9 Å². The predicted octanol–water partition coefficient (Wildman–Crippen LogP) is 4.90. The van der Waals surface area contributed by atoms with Gasteiger partial charge in [-0.3, -0.25) is 0 Å². The molecule has 1 aliphatic rings. The fraction of sp³-hybridized carbons (Fsp3) is 0.588. The number of aliphatic hydroxyl groups excluding tert-OH is 1. The molecule has 0 aromatic heterocycles. The molecule has 108 valence electrons. The highest BCUT2D eigenvalue weighted by Crippen LogP contribution is 2.51. The summed E-state index contributed by atoms with van der Waals surface area (Å²) in [6.45, 7) is 6.50. The third kappa shape index (κ3) is 2.92. The van der Waals surface area contributed by atoms with Gasteiger partial charge in [0.2, 0.25) is 0 Å². The molecule has 3 heteroatoms. The van der Waals surface area contributed by atoms with Crippen LogP contribution in [0.3, 0.4) is 0 Å². The summed E-state index contributed by atoms with van der Waals surface area (Å²) in [5.74, 6) is 0. The second kappa shape index (κ2) is 5.50. The topological polar surface area (TPSA) is 44.0 Å². The second-order valence-electron chi connectivity index (χ2n) is 6.84. The highest BCUT2D eigenvalue weighted by atomic mass is 79.9. The molecular formula is C17H22BrNO. The highest BCUT2D eigenvalue weighted by molar-refractivity contribution is 9.10. The predicted molar refractivity (Wildman–Crippen MR) is 84.1 cm³/mol. The Hall–Kier alpha value is -0.850. The van der Waals surface area contributed by atoms with E-state index in [2.05, 4.69) is 35.8 Å². The van der Waals surface area contributed by atoms with E-state index in [4.69, 9.17) is 0 Å². The molecule has 1 aromatic carbocycles. The van der Waals surface area contributed by atoms with Gasteiger partial charge in [0.15, 0.2) is 0 Å². The van der Waals surface area contributed by atoms with Gasteiger partial charge in [-0.25, -0.2) is 0 Å². The van der Waals surface area contributed by atoms with E-state index in [-0.39, 0.29) is 5.41 Å². The molecule has 0 heterocycles. The van der Waals surface area contributed by atoms with Crippen molar-refractivity contribution >= 4 is 15.9 Å². The molecule has 1 atom stereocenters. The van der Waals surface area contributed by atoms with Crippen LogP contribution in [0.15, 0.2) is 22.7 Å². The van der Waals surface area contributed by atoms with Gasteiger partial charge in [-0.1, -0.05) is 41.9 Å². The zero-order valence-electron chi connectivity index (χ0n) is 12.4. The van der Waals surface area contributed by atoms with Gasteiger partial charge in [-0.2, -0.15) is 5.26 Å². The van der Waals surface area contributed by atoms with Gasteiger partial charge in [0, 0.05) is 4.47 Å². The van der Waals surface area contributed by atoms with Crippen molar-refractivity contribution in [2.75, 3.05) is 0 Å². The number of hydrogen-bond donors (Lipinski definition) is 1. The van der Waals surface area contributed by atoms with E-state index in [1.54, 1.807) is 0 Å². The van der Waals surface area contributed by atoms with E-state index in [0.717, 1.165) is 41.3 Å². The van der Waals surface area contributed by atoms with Crippen LogP contribution in [0.5, 0.6) is 0 Å². The number of aliphatic hydroxyl groups is 1. The Labute approximate surface area is 129 Å². The Balaban J connectivity index is 2.28. The average Bonchev–Trinajstić information content (AvgIpc) is 2.42. The summed E-state index contributed by atoms with van der Waals surface area (Å²) in [5, 5.41) is 20.4. The van der Waals surface area contributed by atoms with Crippen LogP contribution in [-0.2, 0) is 0 Å². The highest BCUT2D eigenvalue weighted by Gasteiger charge is 2.44. The lowest BCUT2D eigenvalue weighted by Crippen LogP contribution is -2.35. The molecule has 1 saturated carbocycles. The van der Waals surface area contributed by atoms with Crippen LogP contribution in [0, 0.1) is 29.1 Å². The first-order valence-electron chi connectivity index (χ1n) is 7.15. The van der Waals surface area contributed by atoms with Crippen LogP contribution in [0.2, 0.25) is 0 Å². The fourth-order valence-electron chi connectivity index (χ4n) is 2.92. The van der Waals surface area contributed by atoms with Crippen LogP contribution < -0.4 is 0 Å². The first-order valence-corrected chi connectivity index (χ1v) is 7.94. The van der Waals surface area contributed by atoms with Crippen molar-refractivity contribution in [3.05, 3.63) is 33.8 Å². The van der Waals surface area contributed by atoms with E-state index in [1.807, 2.05) is 25.1 Å². The van der Waals surface area contributed by atoms with Gasteiger partial charge in [0.1, 0.15) is 0 Å². The molecule has 0 radical (unpaired) electrons. The molecule has 1 aromatic rings. The second-order valence-corrected chi connectivity index (χ2v) is 7.70. The van der Waals surface area contributed by atoms with E-state index in [9.17, 15) is 10.4 Å². The molecule has 1 N–H and O–H groups in total. The van der Waals surface area contributed by atoms with Crippen molar-refractivity contribution in [3.8, 4) is 6.07 Å². The van der Waals surface area contributed by atoms with Crippen LogP contribution in [0.4, 0.5) is 0 Å². The standard InChI is InChI=1S/C17H22BrNO/c1-12-4-5-13(10-14(12)18)15(20)17(11-19)8-6-16(2,3)7-9-17/h4-5,10,15,20H,6-9H2,1-3H3. The minimum Gasteiger partial charge on any atom is -0.387 e. The van der Waals surface area contributed by atoms with Crippen molar-refractivity contribution in [2.24, 2.45) is 10.8 Å². The van der Waals surface area contributed by atoms with Crippen molar-refractivity contribution in [1.82, 2.24) is 0 Å². The number of aryl methyl sites for hydroxylation is 1. The maximum Gasteiger partial charge on any atom is 0.0976 e. The third-order valence-corrected chi connectivity index (χ3v) is 5.61. The van der Waals surface area contributed by atoms with Crippen LogP contribution in [0.1, 0.15) is 56.8 Å². The number of benzene rings is 1. The molecule has 2 nitrogen and oxygen atoms in total. The SMILES string of the molecule is Cc1ccc(C(O)C2(C#N)CCC(C)(C)CC2)cc1Br. The van der Waals surface area contributed by atoms with Gasteiger partial charge in [-0.05, 0) is 55.2 Å². The summed E-state index contributed by atoms with van der Waals surface area (Å²) in [7, 11) is 0. The lowest BCUT2D eigenvalue weighted by atomic mass is 9.62. The molecule has 0 amide bonds. The first-order chi connectivity index (χ1) is 9.30. The lowest BCUT2D eigenvalue weighted by molar-refractivity contribution is 0.00952. The fourth-order valence-corrected chi connectivity index (χ4v) is 3.31. The number of rotatable bonds is 2. The monoisotopic (exact) mass is 335 g/mol. The van der Waals surface area contributed by atoms with E-state index in [1.165, 1.54) is 0 Å². The molecular weight excluding hydrogens is 314 g/mol. The Morgan fingerprint density at radius 2 is 1.85 bits per heavy atom. The summed E-state index contributed by atoms with van der Waals surface area (Å²) < 4.78 is 0.985. The Morgan fingerprint density at radius 3 is 2.35 bits per heavy atom. The van der Waals surface area contributed by atoms with Crippen molar-refractivity contribution in [3.63, 3.8) is 0 Å². The molecule has 1 unspecified atom stereocenters. The molecule has 0 spiro atoms. The van der Waals surface area contributed by atoms with Gasteiger partial charge in [0.05, 0.1) is 17.6 Å². The van der Waals surface area contributed by atoms with Gasteiger partial charge >= 0.3 is 0 Å². The van der Waals surface area contributed by atoms with Crippen LogP contribution in [0.25, 0.3) is 0 Å². The molecule has 2 rings (SSSR count). The van der Waals surface area contributed by atoms with Crippen LogP contribution in [-0.4, -0.2) is 5.11 Å². The molecule has 20 heavy (non-hydrogen) atoms. The minimum absolute atomic E-state index is 0.286. The molecule has 0 saturated heterocycles. The molecule has 1 fully saturated rings. The maximum absolute atomic E-state index is 10.7. The van der Waals surface area contributed by atoms with E-state index >= 15 is 0 Å². The molecule has 0 bridgehead atoms. The van der Waals surface area contributed by atoms with Gasteiger partial charge < -0.3 is 5.11 Å². The Kier molecular flexibility index (Phi) is 4.27. The Morgan fingerprint density at radius 1 is 1.25 bits per heavy atom. The molecule has 1 aliphatic carbocycles. The first kappa shape index (κ1) is 15.5. The molecule has 0 aliphatic heterocycles. The number of nitriles is 1. The quantitative estimate of drug-likeness (QED) is 0.835. The smallest absolute Gasteiger partial charge is 0.0976 e. The summed E-state index contributed by atoms with van der Waals surface area (Å²) in [4.78, 5) is 0. The average molecular weight is 336 g/mol. The lowest BCUT2D eigenvalue weighted by Gasteiger charge is -2.42. The normalized spacial score (nSPS) is 22.0. The summed E-state index contributed by atoms with van der Waals surface area (Å²) >= 11 is 3.50. The Bertz CT molecular complexity index is 534. The van der Waals surface area contributed by atoms with Crippen molar-refractivity contribution < 1.29 is 5.11 Å². The zero-order chi connectivity index (χ0) is 15.0. The summed E-state index contributed by atoms with van der Waals surface area (Å²) in [5.41, 5.74) is 1.62. The van der Waals surface area contributed by atoms with E-state index < -0.39 is 11.5 Å².